The Morgan fingerprint density at radius 1 is 1.62 bits per heavy atom. The minimum absolute atomic E-state index is 0.0269. The lowest BCUT2D eigenvalue weighted by atomic mass is 10.1. The third-order valence-corrected chi connectivity index (χ3v) is 1.73. The number of ether oxygens (including phenoxy) is 1. The Morgan fingerprint density at radius 2 is 2.23 bits per heavy atom. The Bertz CT molecular complexity index is 178. The van der Waals surface area contributed by atoms with E-state index in [1.54, 1.807) is 0 Å². The fourth-order valence-electron chi connectivity index (χ4n) is 0.764. The standard InChI is InChI=1S/C9H17NO3/c1-7(2)8(6-11)10-5-4-9(12)13-3/h4-5,7-8,10-11H,6H2,1-3H3/b5-4+. The molecule has 0 aromatic heterocycles. The van der Waals surface area contributed by atoms with Crippen molar-refractivity contribution in [1.82, 2.24) is 5.32 Å². The van der Waals surface area contributed by atoms with Gasteiger partial charge in [-0.3, -0.25) is 0 Å². The lowest BCUT2D eigenvalue weighted by Gasteiger charge is -2.17. The van der Waals surface area contributed by atoms with Crippen molar-refractivity contribution in [3.05, 3.63) is 12.3 Å². The van der Waals surface area contributed by atoms with Crippen LogP contribution in [0.1, 0.15) is 13.8 Å². The Balaban J connectivity index is 3.84. The summed E-state index contributed by atoms with van der Waals surface area (Å²) < 4.78 is 4.40. The van der Waals surface area contributed by atoms with Crippen molar-refractivity contribution in [2.75, 3.05) is 13.7 Å². The number of methoxy groups -OCH3 is 1. The quantitative estimate of drug-likeness (QED) is 0.479. The van der Waals surface area contributed by atoms with Crippen LogP contribution in [0.2, 0.25) is 0 Å². The zero-order valence-electron chi connectivity index (χ0n) is 8.28. The first-order valence-electron chi connectivity index (χ1n) is 4.23. The van der Waals surface area contributed by atoms with E-state index in [1.807, 2.05) is 13.8 Å². The number of aliphatic hydroxyl groups excluding tert-OH is 1. The maximum Gasteiger partial charge on any atom is 0.331 e. The summed E-state index contributed by atoms with van der Waals surface area (Å²) in [5.74, 6) is -0.0970. The van der Waals surface area contributed by atoms with E-state index in [9.17, 15) is 4.79 Å². The fourth-order valence-corrected chi connectivity index (χ4v) is 0.764. The molecule has 0 aliphatic rings. The van der Waals surface area contributed by atoms with Crippen molar-refractivity contribution in [2.45, 2.75) is 19.9 Å². The van der Waals surface area contributed by atoms with Crippen LogP contribution < -0.4 is 5.32 Å². The van der Waals surface area contributed by atoms with Gasteiger partial charge in [0, 0.05) is 12.3 Å². The second kappa shape index (κ2) is 6.48. The Hall–Kier alpha value is -1.03. The molecule has 0 amide bonds. The lowest BCUT2D eigenvalue weighted by molar-refractivity contribution is -0.134. The normalized spacial score (nSPS) is 13.3. The van der Waals surface area contributed by atoms with E-state index in [2.05, 4.69) is 10.1 Å². The van der Waals surface area contributed by atoms with E-state index in [0.29, 0.717) is 5.92 Å². The summed E-state index contributed by atoms with van der Waals surface area (Å²) in [4.78, 5) is 10.6. The van der Waals surface area contributed by atoms with Gasteiger partial charge in [-0.15, -0.1) is 0 Å². The van der Waals surface area contributed by atoms with Gasteiger partial charge in [0.15, 0.2) is 0 Å². The van der Waals surface area contributed by atoms with Crippen LogP contribution in [0.3, 0.4) is 0 Å². The second-order valence-corrected chi connectivity index (χ2v) is 3.06. The summed E-state index contributed by atoms with van der Waals surface area (Å²) in [6.07, 6.45) is 2.78. The molecule has 0 fully saturated rings. The number of hydrogen-bond donors (Lipinski definition) is 2. The lowest BCUT2D eigenvalue weighted by Crippen LogP contribution is -2.33. The molecule has 0 saturated heterocycles. The molecule has 0 bridgehead atoms. The molecule has 0 aliphatic carbocycles. The van der Waals surface area contributed by atoms with Crippen LogP contribution in [0.5, 0.6) is 0 Å². The summed E-state index contributed by atoms with van der Waals surface area (Å²) in [6, 6.07) is -0.0269. The second-order valence-electron chi connectivity index (χ2n) is 3.06. The highest BCUT2D eigenvalue weighted by atomic mass is 16.5. The Labute approximate surface area is 78.6 Å². The molecule has 0 aliphatic heterocycles. The highest BCUT2D eigenvalue weighted by Gasteiger charge is 2.08. The molecule has 0 aromatic carbocycles. The van der Waals surface area contributed by atoms with E-state index in [1.165, 1.54) is 19.4 Å². The molecule has 0 spiro atoms. The number of aliphatic hydroxyl groups is 1. The zero-order chi connectivity index (χ0) is 10.3. The maximum absolute atomic E-state index is 10.6. The van der Waals surface area contributed by atoms with Crippen molar-refractivity contribution in [3.8, 4) is 0 Å². The predicted molar refractivity (Wildman–Crippen MR) is 50.0 cm³/mol. The number of carbonyl (C=O) groups is 1. The molecule has 0 heterocycles. The summed E-state index contributed by atoms with van der Waals surface area (Å²) in [5, 5.41) is 11.8. The maximum atomic E-state index is 10.6. The van der Waals surface area contributed by atoms with Crippen LogP contribution in [0.25, 0.3) is 0 Å². The van der Waals surface area contributed by atoms with Gasteiger partial charge in [-0.2, -0.15) is 0 Å². The van der Waals surface area contributed by atoms with Gasteiger partial charge in [0.05, 0.1) is 19.8 Å². The first kappa shape index (κ1) is 12.0. The molecule has 0 rings (SSSR count). The average molecular weight is 187 g/mol. The topological polar surface area (TPSA) is 58.6 Å². The number of rotatable bonds is 5. The van der Waals surface area contributed by atoms with Crippen LogP contribution in [0.15, 0.2) is 12.3 Å². The minimum atomic E-state index is -0.409. The smallest absolute Gasteiger partial charge is 0.331 e. The SMILES string of the molecule is COC(=O)/C=C/NC(CO)C(C)C. The predicted octanol–water partition coefficient (Wildman–Crippen LogP) is 0.280. The van der Waals surface area contributed by atoms with Gasteiger partial charge in [0.2, 0.25) is 0 Å². The molecule has 0 radical (unpaired) electrons. The summed E-state index contributed by atoms with van der Waals surface area (Å²) in [7, 11) is 1.32. The number of hydrogen-bond acceptors (Lipinski definition) is 4. The van der Waals surface area contributed by atoms with Crippen LogP contribution in [-0.4, -0.2) is 30.8 Å². The summed E-state index contributed by atoms with van der Waals surface area (Å²) >= 11 is 0. The van der Waals surface area contributed by atoms with E-state index >= 15 is 0 Å². The van der Waals surface area contributed by atoms with E-state index in [-0.39, 0.29) is 12.6 Å². The van der Waals surface area contributed by atoms with Crippen molar-refractivity contribution in [2.24, 2.45) is 5.92 Å². The molecule has 0 aromatic rings. The fraction of sp³-hybridized carbons (Fsp3) is 0.667. The van der Waals surface area contributed by atoms with Crippen molar-refractivity contribution < 1.29 is 14.6 Å². The van der Waals surface area contributed by atoms with Crippen molar-refractivity contribution >= 4 is 5.97 Å². The van der Waals surface area contributed by atoms with Crippen LogP contribution in [0.4, 0.5) is 0 Å². The molecule has 0 saturated carbocycles. The van der Waals surface area contributed by atoms with Crippen LogP contribution in [0, 0.1) is 5.92 Å². The highest BCUT2D eigenvalue weighted by Crippen LogP contribution is 1.99. The number of carbonyl (C=O) groups excluding carboxylic acids is 1. The summed E-state index contributed by atoms with van der Waals surface area (Å²) in [6.45, 7) is 4.02. The van der Waals surface area contributed by atoms with E-state index < -0.39 is 5.97 Å². The number of esters is 1. The van der Waals surface area contributed by atoms with E-state index in [4.69, 9.17) is 5.11 Å². The minimum Gasteiger partial charge on any atom is -0.466 e. The molecule has 1 atom stereocenters. The first-order chi connectivity index (χ1) is 6.11. The third-order valence-electron chi connectivity index (χ3n) is 1.73. The summed E-state index contributed by atoms with van der Waals surface area (Å²) in [5.41, 5.74) is 0. The zero-order valence-corrected chi connectivity index (χ0v) is 8.28. The number of nitrogens with one attached hydrogen (secondary N) is 1. The van der Waals surface area contributed by atoms with Crippen LogP contribution >= 0.6 is 0 Å². The average Bonchev–Trinajstić information content (AvgIpc) is 2.11. The Morgan fingerprint density at radius 3 is 2.62 bits per heavy atom. The molecule has 4 heteroatoms. The van der Waals surface area contributed by atoms with Gasteiger partial charge < -0.3 is 15.2 Å². The molecule has 1 unspecified atom stereocenters. The highest BCUT2D eigenvalue weighted by molar-refractivity contribution is 5.81. The molecule has 76 valence electrons. The molecular formula is C9H17NO3. The van der Waals surface area contributed by atoms with Crippen LogP contribution in [-0.2, 0) is 9.53 Å². The first-order valence-corrected chi connectivity index (χ1v) is 4.23. The third kappa shape index (κ3) is 5.25. The molecular weight excluding hydrogens is 170 g/mol. The molecule has 2 N–H and O–H groups in total. The molecule has 4 nitrogen and oxygen atoms in total. The van der Waals surface area contributed by atoms with Gasteiger partial charge in [0.1, 0.15) is 0 Å². The van der Waals surface area contributed by atoms with Crippen molar-refractivity contribution in [1.29, 1.82) is 0 Å². The monoisotopic (exact) mass is 187 g/mol. The van der Waals surface area contributed by atoms with Gasteiger partial charge in [-0.05, 0) is 5.92 Å². The van der Waals surface area contributed by atoms with Gasteiger partial charge in [0.25, 0.3) is 0 Å². The van der Waals surface area contributed by atoms with Gasteiger partial charge >= 0.3 is 5.97 Å². The van der Waals surface area contributed by atoms with Gasteiger partial charge in [-0.1, -0.05) is 13.8 Å². The van der Waals surface area contributed by atoms with Gasteiger partial charge in [-0.25, -0.2) is 4.79 Å². The Kier molecular flexibility index (Phi) is 5.97. The molecule has 13 heavy (non-hydrogen) atoms. The van der Waals surface area contributed by atoms with E-state index in [0.717, 1.165) is 0 Å². The largest absolute Gasteiger partial charge is 0.466 e. The van der Waals surface area contributed by atoms with Crippen molar-refractivity contribution in [3.63, 3.8) is 0 Å².